The van der Waals surface area contributed by atoms with Crippen LogP contribution in [-0.4, -0.2) is 7.11 Å². The highest BCUT2D eigenvalue weighted by Crippen LogP contribution is 2.27. The molecule has 0 spiro atoms. The summed E-state index contributed by atoms with van der Waals surface area (Å²) < 4.78 is 4.96. The predicted octanol–water partition coefficient (Wildman–Crippen LogP) is -0.467. The summed E-state index contributed by atoms with van der Waals surface area (Å²) in [5, 5.41) is 11.6. The quantitative estimate of drug-likeness (QED) is 0.541. The number of benzene rings is 1. The Morgan fingerprint density at radius 1 is 1.54 bits per heavy atom. The van der Waals surface area contributed by atoms with Crippen LogP contribution in [0, 0.1) is 5.39 Å². The SMILES string of the molecule is COc1ccc(Cl)cc1N[N+]#N.[Cl-]. The molecule has 0 aliphatic heterocycles. The Morgan fingerprint density at radius 3 is 2.77 bits per heavy atom. The van der Waals surface area contributed by atoms with Gasteiger partial charge in [-0.25, -0.2) is 0 Å². The van der Waals surface area contributed by atoms with Crippen molar-refractivity contribution in [2.45, 2.75) is 0 Å². The van der Waals surface area contributed by atoms with Crippen LogP contribution >= 0.6 is 11.6 Å². The van der Waals surface area contributed by atoms with Crippen molar-refractivity contribution in [3.8, 4) is 5.75 Å². The van der Waals surface area contributed by atoms with Gasteiger partial charge in [0.2, 0.25) is 0 Å². The van der Waals surface area contributed by atoms with Gasteiger partial charge in [0.1, 0.15) is 5.75 Å². The first-order valence-electron chi connectivity index (χ1n) is 3.21. The zero-order valence-electron chi connectivity index (χ0n) is 6.79. The summed E-state index contributed by atoms with van der Waals surface area (Å²) >= 11 is 5.69. The highest BCUT2D eigenvalue weighted by Gasteiger charge is 2.06. The van der Waals surface area contributed by atoms with Gasteiger partial charge in [-0.15, -0.1) is 0 Å². The fourth-order valence-electron chi connectivity index (χ4n) is 0.821. The van der Waals surface area contributed by atoms with Gasteiger partial charge in [0.25, 0.3) is 5.39 Å². The molecule has 70 valence electrons. The minimum Gasteiger partial charge on any atom is -1.00 e. The third kappa shape index (κ3) is 2.98. The summed E-state index contributed by atoms with van der Waals surface area (Å²) in [6.45, 7) is 0. The van der Waals surface area contributed by atoms with Gasteiger partial charge in [0.15, 0.2) is 5.69 Å². The molecule has 1 aromatic rings. The van der Waals surface area contributed by atoms with E-state index in [1.54, 1.807) is 18.2 Å². The lowest BCUT2D eigenvalue weighted by Gasteiger charge is -2.01. The molecule has 1 aromatic carbocycles. The molecule has 0 fully saturated rings. The van der Waals surface area contributed by atoms with Crippen molar-refractivity contribution in [3.05, 3.63) is 28.3 Å². The molecule has 4 nitrogen and oxygen atoms in total. The largest absolute Gasteiger partial charge is 1.00 e. The average Bonchev–Trinajstić information content (AvgIpc) is 2.05. The van der Waals surface area contributed by atoms with E-state index in [9.17, 15) is 0 Å². The number of nitrogens with zero attached hydrogens (tertiary/aromatic N) is 2. The van der Waals surface area contributed by atoms with Crippen LogP contribution in [0.5, 0.6) is 5.75 Å². The van der Waals surface area contributed by atoms with Crippen LogP contribution in [0.15, 0.2) is 18.2 Å². The van der Waals surface area contributed by atoms with Crippen LogP contribution in [0.1, 0.15) is 0 Å². The van der Waals surface area contributed by atoms with E-state index in [0.29, 0.717) is 16.5 Å². The van der Waals surface area contributed by atoms with Crippen molar-refractivity contribution in [2.75, 3.05) is 12.5 Å². The first-order valence-corrected chi connectivity index (χ1v) is 3.59. The number of halogens is 2. The van der Waals surface area contributed by atoms with Crippen LogP contribution in [0.2, 0.25) is 5.02 Å². The summed E-state index contributed by atoms with van der Waals surface area (Å²) in [5.41, 5.74) is 2.86. The lowest BCUT2D eigenvalue weighted by Crippen LogP contribution is -3.00. The summed E-state index contributed by atoms with van der Waals surface area (Å²) in [7, 11) is 1.52. The maximum Gasteiger partial charge on any atom is 0.308 e. The lowest BCUT2D eigenvalue weighted by atomic mass is 10.3. The maximum absolute atomic E-state index is 8.25. The smallest absolute Gasteiger partial charge is 0.308 e. The molecule has 0 radical (unpaired) electrons. The minimum absolute atomic E-state index is 0. The second-order valence-corrected chi connectivity index (χ2v) is 2.49. The molecule has 0 aliphatic carbocycles. The fourth-order valence-corrected chi connectivity index (χ4v) is 0.994. The first-order chi connectivity index (χ1) is 5.77. The van der Waals surface area contributed by atoms with Crippen molar-refractivity contribution in [2.24, 2.45) is 0 Å². The van der Waals surface area contributed by atoms with Gasteiger partial charge in [-0.05, 0) is 23.6 Å². The van der Waals surface area contributed by atoms with Gasteiger partial charge in [-0.3, -0.25) is 0 Å². The van der Waals surface area contributed by atoms with Gasteiger partial charge in [-0.1, -0.05) is 11.6 Å². The van der Waals surface area contributed by atoms with E-state index in [4.69, 9.17) is 21.7 Å². The number of hydrogen-bond acceptors (Lipinski definition) is 3. The van der Waals surface area contributed by atoms with E-state index >= 15 is 0 Å². The monoisotopic (exact) mass is 219 g/mol. The summed E-state index contributed by atoms with van der Waals surface area (Å²) in [6.07, 6.45) is 0. The van der Waals surface area contributed by atoms with Gasteiger partial charge in [-0.2, -0.15) is 0 Å². The van der Waals surface area contributed by atoms with Crippen molar-refractivity contribution in [1.29, 1.82) is 5.39 Å². The van der Waals surface area contributed by atoms with E-state index in [2.05, 4.69) is 10.5 Å². The Kier molecular flexibility index (Phi) is 4.97. The van der Waals surface area contributed by atoms with E-state index in [1.807, 2.05) is 0 Å². The molecule has 1 rings (SSSR count). The molecule has 0 unspecified atom stereocenters. The van der Waals surface area contributed by atoms with Crippen molar-refractivity contribution < 1.29 is 17.1 Å². The number of methoxy groups -OCH3 is 1. The Hall–Kier alpha value is -1.18. The normalized spacial score (nSPS) is 8.08. The van der Waals surface area contributed by atoms with Gasteiger partial charge in [0, 0.05) is 5.02 Å². The Labute approximate surface area is 86.8 Å². The average molecular weight is 220 g/mol. The Morgan fingerprint density at radius 2 is 2.23 bits per heavy atom. The first kappa shape index (κ1) is 11.8. The summed E-state index contributed by atoms with van der Waals surface area (Å²) in [6, 6.07) is 4.96. The minimum atomic E-state index is 0. The van der Waals surface area contributed by atoms with E-state index in [-0.39, 0.29) is 12.4 Å². The second-order valence-electron chi connectivity index (χ2n) is 2.06. The molecule has 0 atom stereocenters. The van der Waals surface area contributed by atoms with Crippen LogP contribution in [0.25, 0.3) is 5.08 Å². The molecule has 0 aliphatic rings. The molecule has 0 bridgehead atoms. The molecule has 13 heavy (non-hydrogen) atoms. The molecule has 0 aromatic heterocycles. The van der Waals surface area contributed by atoms with Crippen LogP contribution < -0.4 is 22.6 Å². The number of nitrogens with one attached hydrogen (secondary N) is 1. The molecule has 0 saturated carbocycles. The van der Waals surface area contributed by atoms with Gasteiger partial charge >= 0.3 is 5.08 Å². The number of ether oxygens (including phenoxy) is 1. The Bertz CT molecular complexity index is 324. The molecule has 0 heterocycles. The van der Waals surface area contributed by atoms with Crippen LogP contribution in [-0.2, 0) is 0 Å². The third-order valence-corrected chi connectivity index (χ3v) is 1.57. The highest BCUT2D eigenvalue weighted by atomic mass is 35.5. The van der Waals surface area contributed by atoms with Gasteiger partial charge in [0.05, 0.1) is 7.11 Å². The molecule has 6 heteroatoms. The topological polar surface area (TPSA) is 49.4 Å². The van der Waals surface area contributed by atoms with Crippen molar-refractivity contribution >= 4 is 17.3 Å². The molecule has 1 N–H and O–H groups in total. The van der Waals surface area contributed by atoms with E-state index in [0.717, 1.165) is 0 Å². The zero-order valence-corrected chi connectivity index (χ0v) is 8.30. The Balaban J connectivity index is 0.00000144. The maximum atomic E-state index is 8.25. The number of hydrogen-bond donors (Lipinski definition) is 1. The van der Waals surface area contributed by atoms with Crippen molar-refractivity contribution in [3.63, 3.8) is 0 Å². The standard InChI is InChI=1S/C7H7ClN3O.ClH/c1-12-7-3-2-5(8)4-6(7)10-11-9;/h2-4,10H,1H3;1H/q+1;/p-1. The second kappa shape index (κ2) is 5.46. The fraction of sp³-hybridized carbons (Fsp3) is 0.143. The molecule has 0 saturated heterocycles. The van der Waals surface area contributed by atoms with Crippen LogP contribution in [0.4, 0.5) is 5.69 Å². The highest BCUT2D eigenvalue weighted by molar-refractivity contribution is 6.30. The number of rotatable bonds is 2. The summed E-state index contributed by atoms with van der Waals surface area (Å²) in [5.74, 6) is 0.567. The van der Waals surface area contributed by atoms with E-state index < -0.39 is 0 Å². The van der Waals surface area contributed by atoms with Crippen LogP contribution in [0.3, 0.4) is 0 Å². The number of anilines is 1. The zero-order chi connectivity index (χ0) is 8.97. The van der Waals surface area contributed by atoms with Gasteiger partial charge < -0.3 is 17.1 Å². The van der Waals surface area contributed by atoms with E-state index in [1.165, 1.54) is 7.11 Å². The third-order valence-electron chi connectivity index (χ3n) is 1.33. The lowest BCUT2D eigenvalue weighted by molar-refractivity contribution is -0.00000288. The molecule has 0 amide bonds. The molecular weight excluding hydrogens is 213 g/mol. The number of diazo groups is 1. The summed E-state index contributed by atoms with van der Waals surface area (Å²) in [4.78, 5) is 0. The predicted molar refractivity (Wildman–Crippen MR) is 46.7 cm³/mol. The van der Waals surface area contributed by atoms with Crippen molar-refractivity contribution in [1.82, 2.24) is 0 Å². The molecular formula is C7H7Cl2N3O.